The molecule has 0 atom stereocenters. The highest BCUT2D eigenvalue weighted by Gasteiger charge is 2.64. The minimum absolute atomic E-state index is 0.0617. The molecule has 0 spiro atoms. The molecule has 10 heteroatoms. The Bertz CT molecular complexity index is 578. The Balaban J connectivity index is 2.13. The van der Waals surface area contributed by atoms with Crippen molar-refractivity contribution >= 4 is 23.8 Å². The summed E-state index contributed by atoms with van der Waals surface area (Å²) in [7, 11) is 0. The number of rotatable bonds is 10. The van der Waals surface area contributed by atoms with E-state index in [9.17, 15) is 24.3 Å². The Morgan fingerprint density at radius 1 is 1.07 bits per heavy atom. The molecule has 0 bridgehead atoms. The molecule has 0 aromatic rings. The van der Waals surface area contributed by atoms with E-state index in [1.165, 1.54) is 6.92 Å². The molecule has 0 unspecified atom stereocenters. The van der Waals surface area contributed by atoms with E-state index in [-0.39, 0.29) is 23.5 Å². The second-order valence-corrected chi connectivity index (χ2v) is 7.53. The van der Waals surface area contributed by atoms with Crippen molar-refractivity contribution in [3.63, 3.8) is 0 Å². The van der Waals surface area contributed by atoms with Gasteiger partial charge in [-0.2, -0.15) is 0 Å². The fourth-order valence-corrected chi connectivity index (χ4v) is 4.38. The predicted octanol–water partition coefficient (Wildman–Crippen LogP) is -1.41. The van der Waals surface area contributed by atoms with E-state index in [4.69, 9.17) is 0 Å². The number of urea groups is 1. The molecule has 0 saturated carbocycles. The van der Waals surface area contributed by atoms with Gasteiger partial charge in [-0.1, -0.05) is 12.8 Å². The third-order valence-electron chi connectivity index (χ3n) is 5.82. The number of carbonyl (C=O) groups excluding carboxylic acids is 4. The summed E-state index contributed by atoms with van der Waals surface area (Å²) in [5.74, 6) is -1.21. The van der Waals surface area contributed by atoms with Gasteiger partial charge >= 0.3 is 6.03 Å². The van der Waals surface area contributed by atoms with Gasteiger partial charge in [0.25, 0.3) is 17.4 Å². The van der Waals surface area contributed by atoms with E-state index in [0.717, 1.165) is 19.3 Å². The SMILES string of the molecule is CC(=O)NCCCCCCC1([N+]2(CCO)CCNCC2)C(=O)NC(=O)NC1=O. The smallest absolute Gasteiger partial charge is 0.328 e. The first-order valence-corrected chi connectivity index (χ1v) is 9.97. The average molecular weight is 398 g/mol. The van der Waals surface area contributed by atoms with E-state index in [1.807, 2.05) is 0 Å². The summed E-state index contributed by atoms with van der Waals surface area (Å²) in [4.78, 5) is 48.5. The number of hydrogen-bond acceptors (Lipinski definition) is 6. The van der Waals surface area contributed by atoms with Gasteiger partial charge in [-0.25, -0.2) is 4.79 Å². The second kappa shape index (κ2) is 9.94. The Hall–Kier alpha value is -2.04. The van der Waals surface area contributed by atoms with E-state index in [1.54, 1.807) is 0 Å². The lowest BCUT2D eigenvalue weighted by Crippen LogP contribution is -2.82. The number of amides is 5. The number of aliphatic hydroxyl groups is 1. The molecule has 158 valence electrons. The number of aliphatic hydroxyl groups excluding tert-OH is 1. The lowest BCUT2D eigenvalue weighted by atomic mass is 9.82. The summed E-state index contributed by atoms with van der Waals surface area (Å²) in [6.45, 7) is 4.53. The molecule has 28 heavy (non-hydrogen) atoms. The minimum atomic E-state index is -1.42. The minimum Gasteiger partial charge on any atom is -0.391 e. The molecule has 0 aliphatic carbocycles. The molecule has 2 aliphatic heterocycles. The molecule has 5 amide bonds. The van der Waals surface area contributed by atoms with Gasteiger partial charge in [0, 0.05) is 33.0 Å². The monoisotopic (exact) mass is 398 g/mol. The van der Waals surface area contributed by atoms with Crippen molar-refractivity contribution in [1.29, 1.82) is 0 Å². The van der Waals surface area contributed by atoms with Crippen LogP contribution < -0.4 is 21.3 Å². The maximum atomic E-state index is 13.0. The summed E-state index contributed by atoms with van der Waals surface area (Å²) < 4.78 is 0.146. The Labute approximate surface area is 165 Å². The zero-order valence-corrected chi connectivity index (χ0v) is 16.5. The van der Waals surface area contributed by atoms with E-state index < -0.39 is 23.4 Å². The van der Waals surface area contributed by atoms with Crippen molar-refractivity contribution in [3.8, 4) is 0 Å². The second-order valence-electron chi connectivity index (χ2n) is 7.53. The van der Waals surface area contributed by atoms with Gasteiger partial charge in [0.1, 0.15) is 6.54 Å². The summed E-state index contributed by atoms with van der Waals surface area (Å²) in [5.41, 5.74) is -1.42. The van der Waals surface area contributed by atoms with Gasteiger partial charge in [-0.3, -0.25) is 29.5 Å². The van der Waals surface area contributed by atoms with Crippen LogP contribution in [0.1, 0.15) is 39.0 Å². The predicted molar refractivity (Wildman–Crippen MR) is 101 cm³/mol. The number of piperazine rings is 1. The van der Waals surface area contributed by atoms with E-state index in [2.05, 4.69) is 21.3 Å². The highest BCUT2D eigenvalue weighted by Crippen LogP contribution is 2.34. The summed E-state index contributed by atoms with van der Waals surface area (Å²) >= 11 is 0. The molecular weight excluding hydrogens is 366 g/mol. The standard InChI is InChI=1S/C18H31N5O5/c1-14(25)20-7-5-3-2-4-6-18(15(26)21-17(28)22-16(18)27)23(12-13-24)10-8-19-9-11-23/h19,24H,2-13H2,1H3,(H2-,20,21,22,25,26,27,28)/p+1. The molecule has 2 rings (SSSR count). The van der Waals surface area contributed by atoms with Crippen molar-refractivity contribution in [1.82, 2.24) is 21.3 Å². The number of hydrogen-bond donors (Lipinski definition) is 5. The molecule has 0 radical (unpaired) electrons. The highest BCUT2D eigenvalue weighted by molar-refractivity contribution is 6.21. The van der Waals surface area contributed by atoms with Gasteiger partial charge in [0.15, 0.2) is 0 Å². The highest BCUT2D eigenvalue weighted by atomic mass is 16.3. The Kier molecular flexibility index (Phi) is 7.90. The number of imide groups is 2. The number of carbonyl (C=O) groups is 4. The maximum Gasteiger partial charge on any atom is 0.328 e. The molecule has 10 nitrogen and oxygen atoms in total. The lowest BCUT2D eigenvalue weighted by Gasteiger charge is -2.53. The first-order chi connectivity index (χ1) is 13.4. The largest absolute Gasteiger partial charge is 0.391 e. The number of unbranched alkanes of at least 4 members (excludes halogenated alkanes) is 3. The topological polar surface area (TPSA) is 137 Å². The maximum absolute atomic E-state index is 13.0. The van der Waals surface area contributed by atoms with Crippen LogP contribution >= 0.6 is 0 Å². The quantitative estimate of drug-likeness (QED) is 0.174. The van der Waals surface area contributed by atoms with Gasteiger partial charge in [-0.05, 0) is 12.8 Å². The average Bonchev–Trinajstić information content (AvgIpc) is 2.63. The molecule has 2 heterocycles. The van der Waals surface area contributed by atoms with Crippen LogP contribution in [0.3, 0.4) is 0 Å². The van der Waals surface area contributed by atoms with Crippen molar-refractivity contribution in [2.45, 2.75) is 44.6 Å². The van der Waals surface area contributed by atoms with Crippen LogP contribution in [0.25, 0.3) is 0 Å². The van der Waals surface area contributed by atoms with Crippen LogP contribution in [0, 0.1) is 0 Å². The number of nitrogens with zero attached hydrogens (tertiary/aromatic N) is 1. The van der Waals surface area contributed by atoms with Gasteiger partial charge in [0.2, 0.25) is 5.91 Å². The van der Waals surface area contributed by atoms with Crippen LogP contribution in [-0.2, 0) is 14.4 Å². The molecule has 2 fully saturated rings. The summed E-state index contributed by atoms with van der Waals surface area (Å²) in [6, 6.07) is -0.793. The van der Waals surface area contributed by atoms with Gasteiger partial charge in [-0.15, -0.1) is 0 Å². The van der Waals surface area contributed by atoms with Gasteiger partial charge < -0.3 is 15.7 Å². The first kappa shape index (κ1) is 22.3. The van der Waals surface area contributed by atoms with E-state index >= 15 is 0 Å². The van der Waals surface area contributed by atoms with Crippen LogP contribution in [-0.4, -0.2) is 84.8 Å². The number of barbiturate groups is 1. The fraction of sp³-hybridized carbons (Fsp3) is 0.778. The molecule has 5 N–H and O–H groups in total. The number of quaternary nitrogens is 1. The third-order valence-corrected chi connectivity index (χ3v) is 5.82. The lowest BCUT2D eigenvalue weighted by molar-refractivity contribution is -0.959. The van der Waals surface area contributed by atoms with Crippen LogP contribution in [0.15, 0.2) is 0 Å². The third kappa shape index (κ3) is 4.68. The molecule has 2 saturated heterocycles. The number of nitrogens with one attached hydrogen (secondary N) is 4. The fourth-order valence-electron chi connectivity index (χ4n) is 4.38. The Morgan fingerprint density at radius 3 is 2.25 bits per heavy atom. The van der Waals surface area contributed by atoms with Crippen molar-refractivity contribution in [3.05, 3.63) is 0 Å². The Morgan fingerprint density at radius 2 is 1.68 bits per heavy atom. The zero-order chi connectivity index (χ0) is 20.6. The first-order valence-electron chi connectivity index (χ1n) is 9.97. The van der Waals surface area contributed by atoms with Crippen molar-refractivity contribution in [2.75, 3.05) is 45.9 Å². The van der Waals surface area contributed by atoms with Crippen molar-refractivity contribution < 1.29 is 28.8 Å². The zero-order valence-electron chi connectivity index (χ0n) is 16.5. The molecule has 0 aromatic heterocycles. The van der Waals surface area contributed by atoms with Gasteiger partial charge in [0.05, 0.1) is 19.7 Å². The molecule has 2 aliphatic rings. The van der Waals surface area contributed by atoms with Crippen molar-refractivity contribution in [2.24, 2.45) is 0 Å². The van der Waals surface area contributed by atoms with Crippen LogP contribution in [0.2, 0.25) is 0 Å². The van der Waals surface area contributed by atoms with Crippen LogP contribution in [0.4, 0.5) is 4.79 Å². The summed E-state index contributed by atoms with van der Waals surface area (Å²) in [6.07, 6.45) is 3.42. The van der Waals surface area contributed by atoms with E-state index in [0.29, 0.717) is 45.6 Å². The molecule has 0 aromatic carbocycles. The summed E-state index contributed by atoms with van der Waals surface area (Å²) in [5, 5.41) is 20.2. The molecular formula is C18H32N5O5+. The normalized spacial score (nSPS) is 21.0. The van der Waals surface area contributed by atoms with Crippen LogP contribution in [0.5, 0.6) is 0 Å².